The lowest BCUT2D eigenvalue weighted by Gasteiger charge is -2.42. The summed E-state index contributed by atoms with van der Waals surface area (Å²) < 4.78 is 49.3. The first-order chi connectivity index (χ1) is 14.5. The van der Waals surface area contributed by atoms with E-state index in [0.717, 1.165) is 31.1 Å². The molecule has 4 rings (SSSR count). The number of fused-ring (bicyclic) bond motifs is 2. The van der Waals surface area contributed by atoms with E-state index in [1.54, 1.807) is 12.1 Å². The van der Waals surface area contributed by atoms with Gasteiger partial charge in [0.05, 0.1) is 12.5 Å². The van der Waals surface area contributed by atoms with Crippen molar-refractivity contribution >= 4 is 10.8 Å². The highest BCUT2D eigenvalue weighted by atomic mass is 19.2. The van der Waals surface area contributed by atoms with Crippen molar-refractivity contribution in [3.63, 3.8) is 0 Å². The van der Waals surface area contributed by atoms with Gasteiger partial charge in [0.25, 0.3) is 0 Å². The van der Waals surface area contributed by atoms with Crippen LogP contribution in [0.25, 0.3) is 10.8 Å². The van der Waals surface area contributed by atoms with Crippen LogP contribution in [0.1, 0.15) is 82.6 Å². The van der Waals surface area contributed by atoms with E-state index in [1.165, 1.54) is 58.1 Å². The van der Waals surface area contributed by atoms with Gasteiger partial charge in [-0.05, 0) is 78.9 Å². The molecular formula is C26H33F3O. The van der Waals surface area contributed by atoms with E-state index in [4.69, 9.17) is 4.74 Å². The molecule has 1 nitrogen and oxygen atoms in total. The molecule has 164 valence electrons. The summed E-state index contributed by atoms with van der Waals surface area (Å²) in [5.41, 5.74) is 0.424. The Morgan fingerprint density at radius 1 is 0.900 bits per heavy atom. The smallest absolute Gasteiger partial charge is 0.175 e. The summed E-state index contributed by atoms with van der Waals surface area (Å²) in [7, 11) is 1.32. The van der Waals surface area contributed by atoms with Crippen molar-refractivity contribution in [3.05, 3.63) is 41.2 Å². The molecule has 2 aliphatic rings. The van der Waals surface area contributed by atoms with Gasteiger partial charge in [0.1, 0.15) is 0 Å². The summed E-state index contributed by atoms with van der Waals surface area (Å²) in [4.78, 5) is 0. The fourth-order valence-corrected chi connectivity index (χ4v) is 6.05. The van der Waals surface area contributed by atoms with Crippen molar-refractivity contribution in [2.24, 2.45) is 17.8 Å². The first-order valence-corrected chi connectivity index (χ1v) is 11.7. The number of unbranched alkanes of at least 4 members (excludes halogenated alkanes) is 2. The van der Waals surface area contributed by atoms with Crippen molar-refractivity contribution in [3.8, 4) is 5.75 Å². The van der Waals surface area contributed by atoms with Gasteiger partial charge in [-0.3, -0.25) is 0 Å². The molecule has 0 radical (unpaired) electrons. The van der Waals surface area contributed by atoms with Crippen molar-refractivity contribution in [2.45, 2.75) is 77.0 Å². The zero-order valence-electron chi connectivity index (χ0n) is 18.2. The molecule has 0 amide bonds. The van der Waals surface area contributed by atoms with Crippen LogP contribution in [0.15, 0.2) is 18.2 Å². The van der Waals surface area contributed by atoms with Gasteiger partial charge in [0, 0.05) is 0 Å². The first kappa shape index (κ1) is 21.5. The van der Waals surface area contributed by atoms with Gasteiger partial charge in [-0.25, -0.2) is 13.2 Å². The average Bonchev–Trinajstić information content (AvgIpc) is 2.76. The summed E-state index contributed by atoms with van der Waals surface area (Å²) in [6.45, 7) is 2.25. The maximum Gasteiger partial charge on any atom is 0.175 e. The number of hydrogen-bond donors (Lipinski definition) is 0. The van der Waals surface area contributed by atoms with Crippen LogP contribution in [0.5, 0.6) is 5.75 Å². The molecule has 4 atom stereocenters. The van der Waals surface area contributed by atoms with Crippen LogP contribution < -0.4 is 4.74 Å². The van der Waals surface area contributed by atoms with Crippen LogP contribution in [0.2, 0.25) is 0 Å². The Balaban J connectivity index is 1.52. The topological polar surface area (TPSA) is 9.23 Å². The van der Waals surface area contributed by atoms with Crippen LogP contribution in [0.3, 0.4) is 0 Å². The average molecular weight is 419 g/mol. The Kier molecular flexibility index (Phi) is 6.60. The molecule has 2 fully saturated rings. The highest BCUT2D eigenvalue weighted by molar-refractivity contribution is 5.86. The van der Waals surface area contributed by atoms with Crippen molar-refractivity contribution in [2.75, 3.05) is 7.11 Å². The predicted molar refractivity (Wildman–Crippen MR) is 115 cm³/mol. The Morgan fingerprint density at radius 2 is 1.67 bits per heavy atom. The molecule has 30 heavy (non-hydrogen) atoms. The van der Waals surface area contributed by atoms with Crippen molar-refractivity contribution in [1.29, 1.82) is 0 Å². The van der Waals surface area contributed by atoms with Crippen LogP contribution in [-0.2, 0) is 0 Å². The molecule has 2 aromatic carbocycles. The zero-order valence-corrected chi connectivity index (χ0v) is 18.2. The second-order valence-corrected chi connectivity index (χ2v) is 9.48. The number of rotatable bonds is 6. The molecule has 2 aliphatic carbocycles. The largest absolute Gasteiger partial charge is 0.494 e. The second-order valence-electron chi connectivity index (χ2n) is 9.48. The lowest BCUT2D eigenvalue weighted by atomic mass is 9.63. The van der Waals surface area contributed by atoms with E-state index in [1.807, 2.05) is 0 Å². The first-order valence-electron chi connectivity index (χ1n) is 11.7. The minimum atomic E-state index is -1.08. The van der Waals surface area contributed by atoms with Gasteiger partial charge in [0.15, 0.2) is 23.2 Å². The number of benzene rings is 2. The fraction of sp³-hybridized carbons (Fsp3) is 0.615. The van der Waals surface area contributed by atoms with E-state index in [-0.39, 0.29) is 17.1 Å². The van der Waals surface area contributed by atoms with Crippen LogP contribution in [0.4, 0.5) is 13.2 Å². The Morgan fingerprint density at radius 3 is 2.43 bits per heavy atom. The zero-order chi connectivity index (χ0) is 21.3. The van der Waals surface area contributed by atoms with Crippen LogP contribution in [0, 0.1) is 35.2 Å². The lowest BCUT2D eigenvalue weighted by Crippen LogP contribution is -2.30. The summed E-state index contributed by atoms with van der Waals surface area (Å²) in [5, 5.41) is 0.0980. The monoisotopic (exact) mass is 418 g/mol. The molecule has 0 heterocycles. The summed E-state index contributed by atoms with van der Waals surface area (Å²) in [5.74, 6) is -0.650. The molecule has 0 spiro atoms. The number of methoxy groups -OCH3 is 1. The number of ether oxygens (including phenoxy) is 1. The van der Waals surface area contributed by atoms with E-state index < -0.39 is 17.5 Å². The predicted octanol–water partition coefficient (Wildman–Crippen LogP) is 8.15. The third kappa shape index (κ3) is 4.07. The SMILES string of the molecule is CCCCCC1CCC2C[C@H](c3cc4ccc(OC)c(F)c4c(F)c3F)CC[C@@H]2C1. The number of halogens is 3. The van der Waals surface area contributed by atoms with Crippen molar-refractivity contribution < 1.29 is 17.9 Å². The van der Waals surface area contributed by atoms with Crippen LogP contribution >= 0.6 is 0 Å². The molecule has 2 unspecified atom stereocenters. The Bertz CT molecular complexity index is 894. The van der Waals surface area contributed by atoms with Crippen molar-refractivity contribution in [1.82, 2.24) is 0 Å². The van der Waals surface area contributed by atoms with E-state index in [9.17, 15) is 8.78 Å². The summed E-state index contributed by atoms with van der Waals surface area (Å²) in [6, 6.07) is 4.77. The maximum absolute atomic E-state index is 15.0. The Hall–Kier alpha value is -1.71. The highest BCUT2D eigenvalue weighted by Gasteiger charge is 2.37. The van der Waals surface area contributed by atoms with Gasteiger partial charge in [-0.15, -0.1) is 0 Å². The summed E-state index contributed by atoms with van der Waals surface area (Å²) >= 11 is 0. The van der Waals surface area contributed by atoms with Gasteiger partial charge in [0.2, 0.25) is 0 Å². The van der Waals surface area contributed by atoms with Gasteiger partial charge in [-0.2, -0.15) is 0 Å². The molecule has 0 saturated heterocycles. The second kappa shape index (κ2) is 9.20. The maximum atomic E-state index is 15.0. The normalized spacial score (nSPS) is 26.6. The van der Waals surface area contributed by atoms with Gasteiger partial charge >= 0.3 is 0 Å². The van der Waals surface area contributed by atoms with E-state index >= 15 is 4.39 Å². The third-order valence-electron chi connectivity index (χ3n) is 7.71. The van der Waals surface area contributed by atoms with Gasteiger partial charge in [-0.1, -0.05) is 45.1 Å². The molecule has 0 bridgehead atoms. The third-order valence-corrected chi connectivity index (χ3v) is 7.71. The minimum absolute atomic E-state index is 0.0203. The van der Waals surface area contributed by atoms with E-state index in [0.29, 0.717) is 16.9 Å². The molecular weight excluding hydrogens is 385 g/mol. The molecule has 2 saturated carbocycles. The summed E-state index contributed by atoms with van der Waals surface area (Å²) in [6.07, 6.45) is 12.0. The van der Waals surface area contributed by atoms with E-state index in [2.05, 4.69) is 6.92 Å². The lowest BCUT2D eigenvalue weighted by molar-refractivity contribution is 0.112. The fourth-order valence-electron chi connectivity index (χ4n) is 6.05. The molecule has 4 heteroatoms. The molecule has 0 aliphatic heterocycles. The molecule has 2 aromatic rings. The van der Waals surface area contributed by atoms with Gasteiger partial charge < -0.3 is 4.74 Å². The molecule has 0 aromatic heterocycles. The molecule has 0 N–H and O–H groups in total. The standard InChI is InChI=1S/C26H33F3O/c1-3-4-5-6-16-7-8-18-14-19(10-9-17(18)13-16)21-15-20-11-12-22(30-2)25(28)23(20)26(29)24(21)27/h11-12,15-19H,3-10,13-14H2,1-2H3/t16?,17-,18?,19-/m1/s1. The number of hydrogen-bond acceptors (Lipinski definition) is 1. The quantitative estimate of drug-likeness (QED) is 0.430. The highest BCUT2D eigenvalue weighted by Crippen LogP contribution is 2.49. The Labute approximate surface area is 178 Å². The van der Waals surface area contributed by atoms with Crippen LogP contribution in [-0.4, -0.2) is 7.11 Å². The minimum Gasteiger partial charge on any atom is -0.494 e.